The maximum atomic E-state index is 13.3. The van der Waals surface area contributed by atoms with Crippen LogP contribution in [0.5, 0.6) is 0 Å². The first-order valence-electron chi connectivity index (χ1n) is 11.4. The van der Waals surface area contributed by atoms with Gasteiger partial charge in [0.05, 0.1) is 22.0 Å². The van der Waals surface area contributed by atoms with Gasteiger partial charge in [-0.25, -0.2) is 8.42 Å². The largest absolute Gasteiger partial charge is 0.352 e. The monoisotopic (exact) mass is 541 g/mol. The van der Waals surface area contributed by atoms with Gasteiger partial charge in [0, 0.05) is 25.6 Å². The van der Waals surface area contributed by atoms with Crippen molar-refractivity contribution >= 4 is 50.7 Å². The first kappa shape index (κ1) is 28.9. The summed E-state index contributed by atoms with van der Waals surface area (Å²) in [6.07, 6.45) is 1.50. The van der Waals surface area contributed by atoms with Crippen LogP contribution in [0.25, 0.3) is 0 Å². The number of halogens is 2. The van der Waals surface area contributed by atoms with Crippen LogP contribution in [0.2, 0.25) is 10.0 Å². The molecule has 1 unspecified atom stereocenters. The third-order valence-corrected chi connectivity index (χ3v) is 7.34. The van der Waals surface area contributed by atoms with E-state index in [9.17, 15) is 18.0 Å². The zero-order chi connectivity index (χ0) is 26.3. The fourth-order valence-corrected chi connectivity index (χ4v) is 4.82. The van der Waals surface area contributed by atoms with Crippen LogP contribution in [0.4, 0.5) is 5.69 Å². The smallest absolute Gasteiger partial charge is 0.242 e. The normalized spacial score (nSPS) is 12.3. The van der Waals surface area contributed by atoms with E-state index in [2.05, 4.69) is 5.32 Å². The molecule has 0 fully saturated rings. The Morgan fingerprint density at radius 3 is 2.17 bits per heavy atom. The van der Waals surface area contributed by atoms with Gasteiger partial charge in [-0.2, -0.15) is 0 Å². The molecule has 2 aromatic rings. The number of anilines is 1. The Balaban J connectivity index is 2.18. The Morgan fingerprint density at radius 2 is 1.63 bits per heavy atom. The van der Waals surface area contributed by atoms with Crippen LogP contribution in [-0.4, -0.2) is 50.0 Å². The van der Waals surface area contributed by atoms with Crippen molar-refractivity contribution in [2.24, 2.45) is 0 Å². The van der Waals surface area contributed by atoms with Crippen LogP contribution in [-0.2, 0) is 26.2 Å². The van der Waals surface area contributed by atoms with Crippen LogP contribution in [0, 0.1) is 6.92 Å². The highest BCUT2D eigenvalue weighted by molar-refractivity contribution is 7.92. The number of carbonyl (C=O) groups excluding carboxylic acids is 2. The number of sulfonamides is 1. The number of amides is 2. The highest BCUT2D eigenvalue weighted by Gasteiger charge is 2.27. The summed E-state index contributed by atoms with van der Waals surface area (Å²) in [5, 5.41) is 3.59. The van der Waals surface area contributed by atoms with E-state index in [0.29, 0.717) is 15.7 Å². The second-order valence-electron chi connectivity index (χ2n) is 8.88. The molecule has 0 aromatic heterocycles. The molecule has 0 saturated carbocycles. The second-order valence-corrected chi connectivity index (χ2v) is 11.6. The third kappa shape index (κ3) is 8.70. The van der Waals surface area contributed by atoms with Crippen LogP contribution < -0.4 is 9.62 Å². The maximum Gasteiger partial charge on any atom is 0.242 e. The maximum absolute atomic E-state index is 13.3. The van der Waals surface area contributed by atoms with Crippen molar-refractivity contribution in [2.75, 3.05) is 17.1 Å². The fourth-order valence-electron chi connectivity index (χ4n) is 3.54. The fraction of sp³-hybridized carbons (Fsp3) is 0.440. The van der Waals surface area contributed by atoms with Crippen molar-refractivity contribution in [1.82, 2.24) is 10.2 Å². The molecule has 35 heavy (non-hydrogen) atoms. The summed E-state index contributed by atoms with van der Waals surface area (Å²) in [5.74, 6) is -0.536. The number of aryl methyl sites for hydroxylation is 1. The average Bonchev–Trinajstić information content (AvgIpc) is 2.76. The van der Waals surface area contributed by atoms with Gasteiger partial charge in [-0.3, -0.25) is 13.9 Å². The molecule has 10 heteroatoms. The van der Waals surface area contributed by atoms with Crippen LogP contribution in [0.1, 0.15) is 44.7 Å². The molecule has 1 N–H and O–H groups in total. The zero-order valence-electron chi connectivity index (χ0n) is 20.7. The molecule has 0 radical (unpaired) electrons. The molecule has 7 nitrogen and oxygen atoms in total. The summed E-state index contributed by atoms with van der Waals surface area (Å²) in [6, 6.07) is 11.4. The Hall–Kier alpha value is -2.29. The summed E-state index contributed by atoms with van der Waals surface area (Å²) in [6.45, 7) is 7.59. The zero-order valence-corrected chi connectivity index (χ0v) is 23.0. The molecule has 0 aliphatic heterocycles. The van der Waals surface area contributed by atoms with Gasteiger partial charge in [-0.15, -0.1) is 0 Å². The van der Waals surface area contributed by atoms with Crippen molar-refractivity contribution in [2.45, 2.75) is 59.2 Å². The summed E-state index contributed by atoms with van der Waals surface area (Å²) in [7, 11) is -3.53. The summed E-state index contributed by atoms with van der Waals surface area (Å²) < 4.78 is 26.1. The molecule has 0 aliphatic rings. The van der Waals surface area contributed by atoms with Gasteiger partial charge in [0.15, 0.2) is 0 Å². The van der Waals surface area contributed by atoms with Gasteiger partial charge in [0.1, 0.15) is 6.04 Å². The molecule has 0 bridgehead atoms. The first-order chi connectivity index (χ1) is 16.3. The Morgan fingerprint density at radius 1 is 1.00 bits per heavy atom. The molecule has 0 aliphatic carbocycles. The van der Waals surface area contributed by atoms with E-state index in [0.717, 1.165) is 17.4 Å². The minimum Gasteiger partial charge on any atom is -0.352 e. The second kappa shape index (κ2) is 12.6. The molecule has 0 spiro atoms. The number of carbonyl (C=O) groups is 2. The molecule has 1 atom stereocenters. The van der Waals surface area contributed by atoms with E-state index in [-0.39, 0.29) is 43.8 Å². The number of nitrogens with one attached hydrogen (secondary N) is 1. The Labute approximate surface area is 218 Å². The molecule has 0 saturated heterocycles. The van der Waals surface area contributed by atoms with E-state index in [1.54, 1.807) is 37.3 Å². The average molecular weight is 543 g/mol. The SMILES string of the molecule is Cc1ccc(N(CCCC(=O)N(Cc2ccc(Cl)c(Cl)c2)C(C)C(=O)NC(C)C)S(C)(=O)=O)cc1. The van der Waals surface area contributed by atoms with Gasteiger partial charge in [0.2, 0.25) is 21.8 Å². The highest BCUT2D eigenvalue weighted by atomic mass is 35.5. The van der Waals surface area contributed by atoms with Gasteiger partial charge in [0.25, 0.3) is 0 Å². The summed E-state index contributed by atoms with van der Waals surface area (Å²) >= 11 is 12.2. The molecule has 0 heterocycles. The number of hydrogen-bond donors (Lipinski definition) is 1. The molecular weight excluding hydrogens is 509 g/mol. The minimum atomic E-state index is -3.53. The predicted molar refractivity (Wildman–Crippen MR) is 142 cm³/mol. The predicted octanol–water partition coefficient (Wildman–Crippen LogP) is 4.79. The molecule has 2 aromatic carbocycles. The van der Waals surface area contributed by atoms with Gasteiger partial charge in [-0.05, 0) is 63.9 Å². The lowest BCUT2D eigenvalue weighted by atomic mass is 10.1. The lowest BCUT2D eigenvalue weighted by molar-refractivity contribution is -0.140. The number of benzene rings is 2. The molecule has 2 amide bonds. The van der Waals surface area contributed by atoms with Crippen LogP contribution in [0.15, 0.2) is 42.5 Å². The van der Waals surface area contributed by atoms with Gasteiger partial charge in [-0.1, -0.05) is 47.0 Å². The summed E-state index contributed by atoms with van der Waals surface area (Å²) in [5.41, 5.74) is 2.29. The van der Waals surface area contributed by atoms with Crippen LogP contribution >= 0.6 is 23.2 Å². The topological polar surface area (TPSA) is 86.8 Å². The van der Waals surface area contributed by atoms with E-state index in [4.69, 9.17) is 23.2 Å². The van der Waals surface area contributed by atoms with Crippen molar-refractivity contribution in [3.05, 3.63) is 63.6 Å². The number of nitrogens with zero attached hydrogens (tertiary/aromatic N) is 2. The first-order valence-corrected chi connectivity index (χ1v) is 14.0. The highest BCUT2D eigenvalue weighted by Crippen LogP contribution is 2.24. The number of hydrogen-bond acceptors (Lipinski definition) is 4. The van der Waals surface area contributed by atoms with E-state index < -0.39 is 16.1 Å². The number of rotatable bonds is 11. The minimum absolute atomic E-state index is 0.0680. The van der Waals surface area contributed by atoms with Crippen molar-refractivity contribution in [3.63, 3.8) is 0 Å². The molecule has 192 valence electrons. The molecule has 2 rings (SSSR count). The van der Waals surface area contributed by atoms with Crippen LogP contribution in [0.3, 0.4) is 0 Å². The molecular formula is C25H33Cl2N3O4S. The van der Waals surface area contributed by atoms with Crippen molar-refractivity contribution in [1.29, 1.82) is 0 Å². The third-order valence-electron chi connectivity index (χ3n) is 5.41. The van der Waals surface area contributed by atoms with Gasteiger partial charge >= 0.3 is 0 Å². The van der Waals surface area contributed by atoms with E-state index >= 15 is 0 Å². The van der Waals surface area contributed by atoms with E-state index in [1.807, 2.05) is 32.9 Å². The Kier molecular flexibility index (Phi) is 10.4. The van der Waals surface area contributed by atoms with E-state index in [1.165, 1.54) is 9.21 Å². The standard InChI is InChI=1S/C25H33Cl2N3O4S/c1-17(2)28-25(32)19(4)29(16-20-10-13-22(26)23(27)15-20)24(31)7-6-14-30(35(5,33)34)21-11-8-18(3)9-12-21/h8-13,15,17,19H,6-7,14,16H2,1-5H3,(H,28,32). The van der Waals surface area contributed by atoms with Gasteiger partial charge < -0.3 is 10.2 Å². The Bertz CT molecular complexity index is 1140. The lowest BCUT2D eigenvalue weighted by Gasteiger charge is -2.30. The summed E-state index contributed by atoms with van der Waals surface area (Å²) in [4.78, 5) is 27.4. The lowest BCUT2D eigenvalue weighted by Crippen LogP contribution is -2.49. The quantitative estimate of drug-likeness (QED) is 0.443. The van der Waals surface area contributed by atoms with Crippen molar-refractivity contribution in [3.8, 4) is 0 Å². The van der Waals surface area contributed by atoms with Crippen molar-refractivity contribution < 1.29 is 18.0 Å².